The van der Waals surface area contributed by atoms with Crippen LogP contribution in [0.5, 0.6) is 0 Å². The number of halogens is 2. The van der Waals surface area contributed by atoms with Gasteiger partial charge in [-0.05, 0) is 29.8 Å². The molecule has 0 saturated carbocycles. The van der Waals surface area contributed by atoms with Crippen molar-refractivity contribution in [1.82, 2.24) is 4.90 Å². The van der Waals surface area contributed by atoms with Gasteiger partial charge in [-0.2, -0.15) is 0 Å². The van der Waals surface area contributed by atoms with Gasteiger partial charge in [0.25, 0.3) is 0 Å². The van der Waals surface area contributed by atoms with Gasteiger partial charge in [0.05, 0.1) is 19.2 Å². The zero-order chi connectivity index (χ0) is 19.4. The van der Waals surface area contributed by atoms with E-state index in [4.69, 9.17) is 6.57 Å². The molecule has 0 aliphatic carbocycles. The van der Waals surface area contributed by atoms with E-state index in [1.54, 1.807) is 12.1 Å². The number of carbonyl (C=O) groups is 1. The molecular weight excluding hydrogens is 352 g/mol. The predicted molar refractivity (Wildman–Crippen MR) is 97.9 cm³/mol. The van der Waals surface area contributed by atoms with Crippen LogP contribution in [-0.4, -0.2) is 44.2 Å². The first-order valence-electron chi connectivity index (χ1n) is 8.53. The molecule has 1 fully saturated rings. The second-order valence-corrected chi connectivity index (χ2v) is 6.32. The van der Waals surface area contributed by atoms with Gasteiger partial charge in [-0.1, -0.05) is 12.1 Å². The summed E-state index contributed by atoms with van der Waals surface area (Å²) in [7, 11) is 1.22. The summed E-state index contributed by atoms with van der Waals surface area (Å²) < 4.78 is 32.4. The van der Waals surface area contributed by atoms with E-state index in [0.29, 0.717) is 19.6 Å². The Labute approximate surface area is 156 Å². The quantitative estimate of drug-likeness (QED) is 0.608. The zero-order valence-corrected chi connectivity index (χ0v) is 14.9. The molecule has 1 heterocycles. The van der Waals surface area contributed by atoms with Crippen LogP contribution in [0, 0.1) is 18.2 Å². The van der Waals surface area contributed by atoms with Gasteiger partial charge in [0, 0.05) is 38.4 Å². The van der Waals surface area contributed by atoms with E-state index in [1.165, 1.54) is 31.4 Å². The third-order valence-electron chi connectivity index (χ3n) is 4.63. The van der Waals surface area contributed by atoms with Gasteiger partial charge in [-0.15, -0.1) is 0 Å². The smallest absolute Gasteiger partial charge is 0.340 e. The normalized spacial score (nSPS) is 14.7. The molecule has 0 bridgehead atoms. The molecule has 3 rings (SSSR count). The maximum atomic E-state index is 14.0. The highest BCUT2D eigenvalue weighted by Gasteiger charge is 2.19. The molecule has 0 atom stereocenters. The molecule has 140 valence electrons. The maximum absolute atomic E-state index is 14.0. The molecule has 1 aliphatic rings. The summed E-state index contributed by atoms with van der Waals surface area (Å²) in [6.45, 7) is 10.4. The number of piperazine rings is 1. The zero-order valence-electron chi connectivity index (χ0n) is 14.9. The predicted octanol–water partition coefficient (Wildman–Crippen LogP) is 3.62. The van der Waals surface area contributed by atoms with Gasteiger partial charge in [0.2, 0.25) is 5.69 Å². The summed E-state index contributed by atoms with van der Waals surface area (Å²) in [6.07, 6.45) is 0. The summed E-state index contributed by atoms with van der Waals surface area (Å²) in [6, 6.07) is 9.17. The highest BCUT2D eigenvalue weighted by atomic mass is 19.1. The van der Waals surface area contributed by atoms with Crippen molar-refractivity contribution in [2.24, 2.45) is 0 Å². The summed E-state index contributed by atoms with van der Waals surface area (Å²) >= 11 is 0. The van der Waals surface area contributed by atoms with Gasteiger partial charge < -0.3 is 9.64 Å². The van der Waals surface area contributed by atoms with E-state index >= 15 is 0 Å². The average Bonchev–Trinajstić information content (AvgIpc) is 2.68. The van der Waals surface area contributed by atoms with Crippen LogP contribution in [-0.2, 0) is 11.3 Å². The molecule has 2 aromatic rings. The van der Waals surface area contributed by atoms with Crippen LogP contribution in [0.3, 0.4) is 0 Å². The molecule has 0 amide bonds. The van der Waals surface area contributed by atoms with Crippen LogP contribution >= 0.6 is 0 Å². The summed E-state index contributed by atoms with van der Waals surface area (Å²) in [5.74, 6) is -1.79. The second-order valence-electron chi connectivity index (χ2n) is 6.32. The monoisotopic (exact) mass is 371 g/mol. The molecule has 1 saturated heterocycles. The van der Waals surface area contributed by atoms with Crippen molar-refractivity contribution in [3.05, 3.63) is 70.6 Å². The number of anilines is 1. The third kappa shape index (κ3) is 4.23. The number of nitrogens with zero attached hydrogens (tertiary/aromatic N) is 3. The molecule has 1 aliphatic heterocycles. The minimum absolute atomic E-state index is 0.0230. The fraction of sp³-hybridized carbons (Fsp3) is 0.300. The lowest BCUT2D eigenvalue weighted by Gasteiger charge is -2.36. The Hall–Kier alpha value is -2.98. The Kier molecular flexibility index (Phi) is 5.67. The minimum atomic E-state index is -0.691. The van der Waals surface area contributed by atoms with Crippen molar-refractivity contribution in [3.63, 3.8) is 0 Å². The SMILES string of the molecule is [C-]#[N+]c1ccc(N2CCN(Cc3ccc(C(=O)OC)c(F)c3)CC2)cc1F. The Morgan fingerprint density at radius 2 is 1.85 bits per heavy atom. The summed E-state index contributed by atoms with van der Waals surface area (Å²) in [5.41, 5.74) is 1.49. The Morgan fingerprint density at radius 3 is 2.44 bits per heavy atom. The number of methoxy groups -OCH3 is 1. The van der Waals surface area contributed by atoms with Gasteiger partial charge in [0.1, 0.15) is 11.6 Å². The van der Waals surface area contributed by atoms with Crippen molar-refractivity contribution in [3.8, 4) is 0 Å². The van der Waals surface area contributed by atoms with Crippen molar-refractivity contribution < 1.29 is 18.3 Å². The van der Waals surface area contributed by atoms with Crippen LogP contribution in [0.2, 0.25) is 0 Å². The number of esters is 1. The van der Waals surface area contributed by atoms with E-state index in [1.807, 2.05) is 0 Å². The Balaban J connectivity index is 1.60. The van der Waals surface area contributed by atoms with Crippen molar-refractivity contribution in [2.45, 2.75) is 6.54 Å². The molecule has 0 unspecified atom stereocenters. The largest absolute Gasteiger partial charge is 0.465 e. The molecule has 2 aromatic carbocycles. The summed E-state index contributed by atoms with van der Waals surface area (Å²) in [5, 5.41) is 0. The fourth-order valence-corrected chi connectivity index (χ4v) is 3.14. The van der Waals surface area contributed by atoms with Crippen LogP contribution in [0.15, 0.2) is 36.4 Å². The molecular formula is C20H19F2N3O2. The number of ether oxygens (including phenoxy) is 1. The number of hydrogen-bond acceptors (Lipinski definition) is 4. The van der Waals surface area contributed by atoms with E-state index in [-0.39, 0.29) is 11.3 Å². The van der Waals surface area contributed by atoms with Crippen LogP contribution < -0.4 is 4.90 Å². The average molecular weight is 371 g/mol. The maximum Gasteiger partial charge on any atom is 0.340 e. The van der Waals surface area contributed by atoms with E-state index < -0.39 is 17.6 Å². The van der Waals surface area contributed by atoms with Crippen LogP contribution in [0.4, 0.5) is 20.2 Å². The Morgan fingerprint density at radius 1 is 1.11 bits per heavy atom. The molecule has 0 radical (unpaired) electrons. The highest BCUT2D eigenvalue weighted by Crippen LogP contribution is 2.25. The molecule has 0 aromatic heterocycles. The molecule has 5 nitrogen and oxygen atoms in total. The number of carbonyl (C=O) groups excluding carboxylic acids is 1. The van der Waals surface area contributed by atoms with Crippen LogP contribution in [0.25, 0.3) is 4.85 Å². The van der Waals surface area contributed by atoms with Gasteiger partial charge in [0.15, 0.2) is 0 Å². The first-order valence-corrected chi connectivity index (χ1v) is 8.53. The molecule has 27 heavy (non-hydrogen) atoms. The van der Waals surface area contributed by atoms with Gasteiger partial charge in [-0.25, -0.2) is 18.4 Å². The number of hydrogen-bond donors (Lipinski definition) is 0. The first-order chi connectivity index (χ1) is 13.0. The molecule has 0 N–H and O–H groups in total. The lowest BCUT2D eigenvalue weighted by atomic mass is 10.1. The van der Waals surface area contributed by atoms with Gasteiger partial charge in [-0.3, -0.25) is 4.90 Å². The van der Waals surface area contributed by atoms with Crippen molar-refractivity contribution >= 4 is 17.3 Å². The lowest BCUT2D eigenvalue weighted by Crippen LogP contribution is -2.46. The fourth-order valence-electron chi connectivity index (χ4n) is 3.14. The van der Waals surface area contributed by atoms with Crippen molar-refractivity contribution in [1.29, 1.82) is 0 Å². The van der Waals surface area contributed by atoms with E-state index in [0.717, 1.165) is 24.3 Å². The molecule has 0 spiro atoms. The van der Waals surface area contributed by atoms with Gasteiger partial charge >= 0.3 is 5.97 Å². The standard InChI is InChI=1S/C20H19F2N3O2/c1-23-19-6-4-15(12-18(19)22)25-9-7-24(8-10-25)13-14-3-5-16(17(21)11-14)20(26)27-2/h3-6,11-12H,7-10,13H2,2H3. The van der Waals surface area contributed by atoms with Crippen molar-refractivity contribution in [2.75, 3.05) is 38.2 Å². The minimum Gasteiger partial charge on any atom is -0.465 e. The van der Waals surface area contributed by atoms with E-state index in [2.05, 4.69) is 19.4 Å². The lowest BCUT2D eigenvalue weighted by molar-refractivity contribution is 0.0595. The number of rotatable bonds is 4. The third-order valence-corrected chi connectivity index (χ3v) is 4.63. The van der Waals surface area contributed by atoms with E-state index in [9.17, 15) is 13.6 Å². The summed E-state index contributed by atoms with van der Waals surface area (Å²) in [4.78, 5) is 18.8. The highest BCUT2D eigenvalue weighted by molar-refractivity contribution is 5.89. The second kappa shape index (κ2) is 8.14. The first kappa shape index (κ1) is 18.8. The van der Waals surface area contributed by atoms with Crippen LogP contribution in [0.1, 0.15) is 15.9 Å². The topological polar surface area (TPSA) is 37.1 Å². The Bertz CT molecular complexity index is 887. The molecule has 7 heteroatoms. The number of benzene rings is 2.